The number of hydrazine groups is 1. The number of benzene rings is 1. The molecular weight excluding hydrogens is 252 g/mol. The highest BCUT2D eigenvalue weighted by atomic mass is 16.5. The van der Waals surface area contributed by atoms with Crippen molar-refractivity contribution in [3.05, 3.63) is 53.6 Å². The van der Waals surface area contributed by atoms with Crippen LogP contribution in [0.2, 0.25) is 0 Å². The SMILES string of the molecule is Cc1cnc(C(NN)c2ccc(OC3CC3)cc2)cn1. The van der Waals surface area contributed by atoms with Crippen LogP contribution < -0.4 is 16.0 Å². The zero-order chi connectivity index (χ0) is 13.9. The lowest BCUT2D eigenvalue weighted by Gasteiger charge is -2.16. The highest BCUT2D eigenvalue weighted by Gasteiger charge is 2.23. The third kappa shape index (κ3) is 2.95. The van der Waals surface area contributed by atoms with E-state index in [1.807, 2.05) is 31.2 Å². The Morgan fingerprint density at radius 2 is 1.95 bits per heavy atom. The lowest BCUT2D eigenvalue weighted by atomic mass is 10.0. The van der Waals surface area contributed by atoms with Crippen LogP contribution in [-0.2, 0) is 0 Å². The van der Waals surface area contributed by atoms with Gasteiger partial charge in [0.2, 0.25) is 0 Å². The number of nitrogens with two attached hydrogens (primary N) is 1. The van der Waals surface area contributed by atoms with Crippen LogP contribution in [0.1, 0.15) is 35.8 Å². The van der Waals surface area contributed by atoms with E-state index in [1.165, 1.54) is 0 Å². The summed E-state index contributed by atoms with van der Waals surface area (Å²) in [6.45, 7) is 1.91. The maximum absolute atomic E-state index is 5.74. The molecule has 3 rings (SSSR count). The number of ether oxygens (including phenoxy) is 1. The molecular formula is C15H18N4O. The van der Waals surface area contributed by atoms with Gasteiger partial charge in [-0.3, -0.25) is 15.8 Å². The summed E-state index contributed by atoms with van der Waals surface area (Å²) in [5.74, 6) is 6.56. The molecule has 0 aliphatic heterocycles. The number of nitrogens with one attached hydrogen (secondary N) is 1. The summed E-state index contributed by atoms with van der Waals surface area (Å²) in [6.07, 6.45) is 6.22. The topological polar surface area (TPSA) is 73.1 Å². The van der Waals surface area contributed by atoms with Crippen molar-refractivity contribution in [2.75, 3.05) is 0 Å². The molecule has 20 heavy (non-hydrogen) atoms. The molecule has 1 aliphatic rings. The fourth-order valence-electron chi connectivity index (χ4n) is 2.02. The molecule has 3 N–H and O–H groups in total. The first-order valence-electron chi connectivity index (χ1n) is 6.77. The molecule has 1 aromatic carbocycles. The first-order chi connectivity index (χ1) is 9.76. The van der Waals surface area contributed by atoms with Gasteiger partial charge in [-0.15, -0.1) is 0 Å². The summed E-state index contributed by atoms with van der Waals surface area (Å²) in [5, 5.41) is 0. The zero-order valence-corrected chi connectivity index (χ0v) is 11.4. The van der Waals surface area contributed by atoms with Crippen molar-refractivity contribution in [2.45, 2.75) is 31.9 Å². The van der Waals surface area contributed by atoms with Crippen LogP contribution in [-0.4, -0.2) is 16.1 Å². The average Bonchev–Trinajstić information content (AvgIpc) is 3.27. The largest absolute Gasteiger partial charge is 0.490 e. The second kappa shape index (κ2) is 5.56. The number of nitrogens with zero attached hydrogens (tertiary/aromatic N) is 2. The van der Waals surface area contributed by atoms with Crippen LogP contribution in [0.25, 0.3) is 0 Å². The molecule has 1 heterocycles. The summed E-state index contributed by atoms with van der Waals surface area (Å²) >= 11 is 0. The molecule has 0 amide bonds. The Morgan fingerprint density at radius 3 is 2.50 bits per heavy atom. The smallest absolute Gasteiger partial charge is 0.119 e. The first-order valence-corrected chi connectivity index (χ1v) is 6.77. The van der Waals surface area contributed by atoms with E-state index in [4.69, 9.17) is 10.6 Å². The summed E-state index contributed by atoms with van der Waals surface area (Å²) in [4.78, 5) is 8.63. The van der Waals surface area contributed by atoms with E-state index in [9.17, 15) is 0 Å². The lowest BCUT2D eigenvalue weighted by Crippen LogP contribution is -2.29. The van der Waals surface area contributed by atoms with E-state index < -0.39 is 0 Å². The Kier molecular flexibility index (Phi) is 3.62. The van der Waals surface area contributed by atoms with Gasteiger partial charge in [-0.2, -0.15) is 0 Å². The van der Waals surface area contributed by atoms with Crippen molar-refractivity contribution >= 4 is 0 Å². The second-order valence-electron chi connectivity index (χ2n) is 5.07. The minimum absolute atomic E-state index is 0.168. The fourth-order valence-corrected chi connectivity index (χ4v) is 2.02. The van der Waals surface area contributed by atoms with Gasteiger partial charge in [0.1, 0.15) is 5.75 Å². The van der Waals surface area contributed by atoms with Crippen LogP contribution in [0.15, 0.2) is 36.7 Å². The van der Waals surface area contributed by atoms with Gasteiger partial charge < -0.3 is 4.74 Å². The molecule has 1 unspecified atom stereocenters. The van der Waals surface area contributed by atoms with E-state index in [0.717, 1.165) is 35.5 Å². The normalized spacial score (nSPS) is 15.9. The van der Waals surface area contributed by atoms with Crippen LogP contribution in [0.5, 0.6) is 5.75 Å². The van der Waals surface area contributed by atoms with Gasteiger partial charge in [0.25, 0.3) is 0 Å². The van der Waals surface area contributed by atoms with Gasteiger partial charge in [-0.1, -0.05) is 12.1 Å². The quantitative estimate of drug-likeness (QED) is 0.641. The van der Waals surface area contributed by atoms with Crippen LogP contribution in [0, 0.1) is 6.92 Å². The predicted octanol–water partition coefficient (Wildman–Crippen LogP) is 1.88. The van der Waals surface area contributed by atoms with E-state index in [0.29, 0.717) is 6.10 Å². The molecule has 2 aromatic rings. The Labute approximate surface area is 118 Å². The predicted molar refractivity (Wildman–Crippen MR) is 76.0 cm³/mol. The van der Waals surface area contributed by atoms with Crippen molar-refractivity contribution in [3.63, 3.8) is 0 Å². The average molecular weight is 270 g/mol. The number of rotatable bonds is 5. The van der Waals surface area contributed by atoms with E-state index in [2.05, 4.69) is 15.4 Å². The van der Waals surface area contributed by atoms with Gasteiger partial charge in [0.15, 0.2) is 0 Å². The minimum Gasteiger partial charge on any atom is -0.490 e. The molecule has 1 aliphatic carbocycles. The van der Waals surface area contributed by atoms with E-state index in [-0.39, 0.29) is 6.04 Å². The molecule has 1 fully saturated rings. The lowest BCUT2D eigenvalue weighted by molar-refractivity contribution is 0.303. The number of hydrogen-bond donors (Lipinski definition) is 2. The second-order valence-corrected chi connectivity index (χ2v) is 5.07. The molecule has 0 saturated heterocycles. The van der Waals surface area contributed by atoms with Crippen molar-refractivity contribution in [1.82, 2.24) is 15.4 Å². The van der Waals surface area contributed by atoms with Gasteiger partial charge in [0, 0.05) is 6.20 Å². The molecule has 1 aromatic heterocycles. The Morgan fingerprint density at radius 1 is 1.20 bits per heavy atom. The van der Waals surface area contributed by atoms with Crippen molar-refractivity contribution in [1.29, 1.82) is 0 Å². The van der Waals surface area contributed by atoms with Gasteiger partial charge in [0.05, 0.1) is 29.7 Å². The molecule has 104 valence electrons. The maximum atomic E-state index is 5.74. The molecule has 1 atom stereocenters. The highest BCUT2D eigenvalue weighted by Crippen LogP contribution is 2.28. The Balaban J connectivity index is 1.79. The van der Waals surface area contributed by atoms with E-state index in [1.54, 1.807) is 12.4 Å². The van der Waals surface area contributed by atoms with Crippen LogP contribution in [0.4, 0.5) is 0 Å². The number of aromatic nitrogens is 2. The third-order valence-corrected chi connectivity index (χ3v) is 3.30. The fraction of sp³-hybridized carbons (Fsp3) is 0.333. The van der Waals surface area contributed by atoms with Crippen molar-refractivity contribution in [3.8, 4) is 5.75 Å². The molecule has 5 heteroatoms. The Bertz CT molecular complexity index is 563. The summed E-state index contributed by atoms with van der Waals surface area (Å²) in [5.41, 5.74) is 5.51. The summed E-state index contributed by atoms with van der Waals surface area (Å²) in [7, 11) is 0. The molecule has 5 nitrogen and oxygen atoms in total. The van der Waals surface area contributed by atoms with Crippen molar-refractivity contribution in [2.24, 2.45) is 5.84 Å². The van der Waals surface area contributed by atoms with Crippen molar-refractivity contribution < 1.29 is 4.74 Å². The van der Waals surface area contributed by atoms with Crippen LogP contribution in [0.3, 0.4) is 0 Å². The molecule has 0 spiro atoms. The van der Waals surface area contributed by atoms with E-state index >= 15 is 0 Å². The molecule has 0 bridgehead atoms. The molecule has 0 radical (unpaired) electrons. The minimum atomic E-state index is -0.168. The third-order valence-electron chi connectivity index (χ3n) is 3.30. The highest BCUT2D eigenvalue weighted by molar-refractivity contribution is 5.33. The van der Waals surface area contributed by atoms with Gasteiger partial charge >= 0.3 is 0 Å². The zero-order valence-electron chi connectivity index (χ0n) is 11.4. The molecule has 1 saturated carbocycles. The monoisotopic (exact) mass is 270 g/mol. The first kappa shape index (κ1) is 13.0. The maximum Gasteiger partial charge on any atom is 0.119 e. The van der Waals surface area contributed by atoms with Gasteiger partial charge in [-0.05, 0) is 37.5 Å². The van der Waals surface area contributed by atoms with Crippen LogP contribution >= 0.6 is 0 Å². The number of hydrogen-bond acceptors (Lipinski definition) is 5. The Hall–Kier alpha value is -1.98. The number of aryl methyl sites for hydroxylation is 1. The van der Waals surface area contributed by atoms with Gasteiger partial charge in [-0.25, -0.2) is 5.43 Å². The summed E-state index contributed by atoms with van der Waals surface area (Å²) in [6, 6.07) is 7.78. The summed E-state index contributed by atoms with van der Waals surface area (Å²) < 4.78 is 5.74. The standard InChI is InChI=1S/C15H18N4O/c1-10-8-18-14(9-17-10)15(19-16)11-2-4-12(5-3-11)20-13-6-7-13/h2-5,8-9,13,15,19H,6-7,16H2,1H3.